The zero-order chi connectivity index (χ0) is 19.2. The second-order valence-corrected chi connectivity index (χ2v) is 7.41. The Hall–Kier alpha value is -2.33. The molecule has 144 valence electrons. The second kappa shape index (κ2) is 9.05. The Morgan fingerprint density at radius 1 is 1.19 bits per heavy atom. The first-order valence-corrected chi connectivity index (χ1v) is 9.71. The van der Waals surface area contributed by atoms with Crippen molar-refractivity contribution < 1.29 is 14.3 Å². The highest BCUT2D eigenvalue weighted by molar-refractivity contribution is 5.94. The molecule has 1 amide bonds. The summed E-state index contributed by atoms with van der Waals surface area (Å²) >= 11 is 0. The van der Waals surface area contributed by atoms with Crippen molar-refractivity contribution >= 4 is 5.91 Å². The van der Waals surface area contributed by atoms with Crippen LogP contribution in [0.5, 0.6) is 5.75 Å². The number of methoxy groups -OCH3 is 1. The van der Waals surface area contributed by atoms with Gasteiger partial charge < -0.3 is 14.4 Å². The molecule has 3 rings (SSSR count). The summed E-state index contributed by atoms with van der Waals surface area (Å²) in [7, 11) is 1.66. The molecule has 1 unspecified atom stereocenters. The lowest BCUT2D eigenvalue weighted by atomic mass is 10.0. The van der Waals surface area contributed by atoms with Gasteiger partial charge in [-0.3, -0.25) is 4.79 Å². The Morgan fingerprint density at radius 3 is 2.56 bits per heavy atom. The van der Waals surface area contributed by atoms with Crippen LogP contribution in [0, 0.1) is 0 Å². The van der Waals surface area contributed by atoms with Crippen molar-refractivity contribution in [1.82, 2.24) is 4.90 Å². The number of hydrogen-bond donors (Lipinski definition) is 0. The van der Waals surface area contributed by atoms with E-state index < -0.39 is 0 Å². The predicted octanol–water partition coefficient (Wildman–Crippen LogP) is 4.64. The Kier molecular flexibility index (Phi) is 6.51. The first-order chi connectivity index (χ1) is 13.1. The van der Waals surface area contributed by atoms with E-state index in [1.165, 1.54) is 5.56 Å². The molecule has 1 aliphatic heterocycles. The molecule has 2 aromatic carbocycles. The van der Waals surface area contributed by atoms with E-state index in [0.717, 1.165) is 30.8 Å². The van der Waals surface area contributed by atoms with Gasteiger partial charge in [-0.1, -0.05) is 44.2 Å². The van der Waals surface area contributed by atoms with Crippen LogP contribution in [0.2, 0.25) is 0 Å². The molecule has 4 nitrogen and oxygen atoms in total. The zero-order valence-electron chi connectivity index (χ0n) is 16.5. The van der Waals surface area contributed by atoms with Gasteiger partial charge in [0.05, 0.1) is 13.2 Å². The standard InChI is InChI=1S/C23H29NO3/c1-17(2)18-10-12-19(13-11-18)23(25)24(16-21-8-6-14-27-21)15-20-7-4-5-9-22(20)26-3/h4-5,7,9-13,17,21H,6,8,14-16H2,1-3H3. The van der Waals surface area contributed by atoms with Crippen molar-refractivity contribution in [2.45, 2.75) is 45.3 Å². The lowest BCUT2D eigenvalue weighted by molar-refractivity contribution is 0.0505. The van der Waals surface area contributed by atoms with E-state index in [1.807, 2.05) is 53.4 Å². The number of rotatable bonds is 7. The van der Waals surface area contributed by atoms with Crippen molar-refractivity contribution in [3.63, 3.8) is 0 Å². The van der Waals surface area contributed by atoms with Gasteiger partial charge in [-0.15, -0.1) is 0 Å². The summed E-state index contributed by atoms with van der Waals surface area (Å²) in [5, 5.41) is 0. The minimum atomic E-state index is 0.0340. The molecule has 0 aromatic heterocycles. The molecule has 0 spiro atoms. The molecule has 0 aliphatic carbocycles. The molecule has 2 aromatic rings. The van der Waals surface area contributed by atoms with E-state index >= 15 is 0 Å². The lowest BCUT2D eigenvalue weighted by Gasteiger charge is -2.26. The van der Waals surface area contributed by atoms with E-state index in [-0.39, 0.29) is 12.0 Å². The van der Waals surface area contributed by atoms with Crippen LogP contribution in [0.4, 0.5) is 0 Å². The number of benzene rings is 2. The summed E-state index contributed by atoms with van der Waals surface area (Å²) < 4.78 is 11.3. The fraction of sp³-hybridized carbons (Fsp3) is 0.435. The van der Waals surface area contributed by atoms with Crippen LogP contribution >= 0.6 is 0 Å². The molecular formula is C23H29NO3. The molecule has 1 aliphatic rings. The summed E-state index contributed by atoms with van der Waals surface area (Å²) in [6.45, 7) is 6.20. The zero-order valence-corrected chi connectivity index (χ0v) is 16.5. The maximum Gasteiger partial charge on any atom is 0.254 e. The Labute approximate surface area is 162 Å². The molecule has 0 saturated carbocycles. The van der Waals surface area contributed by atoms with Gasteiger partial charge in [-0.25, -0.2) is 0 Å². The maximum atomic E-state index is 13.2. The summed E-state index contributed by atoms with van der Waals surface area (Å²) in [5.74, 6) is 1.29. The van der Waals surface area contributed by atoms with E-state index in [9.17, 15) is 4.79 Å². The smallest absolute Gasteiger partial charge is 0.254 e. The summed E-state index contributed by atoms with van der Waals surface area (Å²) in [4.78, 5) is 15.1. The SMILES string of the molecule is COc1ccccc1CN(CC1CCCO1)C(=O)c1ccc(C(C)C)cc1. The molecule has 1 fully saturated rings. The minimum absolute atomic E-state index is 0.0340. The third kappa shape index (κ3) is 4.89. The number of nitrogens with zero attached hydrogens (tertiary/aromatic N) is 1. The number of amides is 1. The van der Waals surface area contributed by atoms with Gasteiger partial charge in [0.15, 0.2) is 0 Å². The van der Waals surface area contributed by atoms with Crippen molar-refractivity contribution in [2.75, 3.05) is 20.3 Å². The highest BCUT2D eigenvalue weighted by atomic mass is 16.5. The quantitative estimate of drug-likeness (QED) is 0.716. The van der Waals surface area contributed by atoms with Gasteiger partial charge in [-0.05, 0) is 42.5 Å². The van der Waals surface area contributed by atoms with Crippen LogP contribution in [0.3, 0.4) is 0 Å². The summed E-state index contributed by atoms with van der Waals surface area (Å²) in [6, 6.07) is 15.8. The largest absolute Gasteiger partial charge is 0.496 e. The highest BCUT2D eigenvalue weighted by Crippen LogP contribution is 2.23. The first-order valence-electron chi connectivity index (χ1n) is 9.71. The van der Waals surface area contributed by atoms with Crippen molar-refractivity contribution in [2.24, 2.45) is 0 Å². The van der Waals surface area contributed by atoms with Crippen LogP contribution in [-0.4, -0.2) is 37.2 Å². The fourth-order valence-electron chi connectivity index (χ4n) is 3.49. The number of para-hydroxylation sites is 1. The number of carbonyl (C=O) groups is 1. The topological polar surface area (TPSA) is 38.8 Å². The molecule has 0 bridgehead atoms. The van der Waals surface area contributed by atoms with Crippen LogP contribution in [0.1, 0.15) is 54.1 Å². The van der Waals surface area contributed by atoms with Gasteiger partial charge in [0.1, 0.15) is 5.75 Å². The van der Waals surface area contributed by atoms with E-state index in [1.54, 1.807) is 7.11 Å². The Bertz CT molecular complexity index is 748. The van der Waals surface area contributed by atoms with Crippen LogP contribution in [0.25, 0.3) is 0 Å². The van der Waals surface area contributed by atoms with Gasteiger partial charge >= 0.3 is 0 Å². The van der Waals surface area contributed by atoms with E-state index in [2.05, 4.69) is 13.8 Å². The molecule has 1 heterocycles. The summed E-state index contributed by atoms with van der Waals surface area (Å²) in [5.41, 5.74) is 2.96. The average Bonchev–Trinajstić information content (AvgIpc) is 3.20. The van der Waals surface area contributed by atoms with E-state index in [4.69, 9.17) is 9.47 Å². The van der Waals surface area contributed by atoms with Crippen LogP contribution in [-0.2, 0) is 11.3 Å². The first kappa shape index (κ1) is 19.4. The van der Waals surface area contributed by atoms with Crippen molar-refractivity contribution in [1.29, 1.82) is 0 Å². The highest BCUT2D eigenvalue weighted by Gasteiger charge is 2.24. The number of carbonyl (C=O) groups excluding carboxylic acids is 1. The van der Waals surface area contributed by atoms with Gasteiger partial charge in [0.25, 0.3) is 5.91 Å². The van der Waals surface area contributed by atoms with Crippen molar-refractivity contribution in [3.05, 3.63) is 65.2 Å². The Morgan fingerprint density at radius 2 is 1.93 bits per heavy atom. The molecule has 0 radical (unpaired) electrons. The molecular weight excluding hydrogens is 338 g/mol. The van der Waals surface area contributed by atoms with Gasteiger partial charge in [-0.2, -0.15) is 0 Å². The second-order valence-electron chi connectivity index (χ2n) is 7.41. The minimum Gasteiger partial charge on any atom is -0.496 e. The molecule has 1 saturated heterocycles. The normalized spacial score (nSPS) is 16.5. The van der Waals surface area contributed by atoms with Crippen LogP contribution in [0.15, 0.2) is 48.5 Å². The fourth-order valence-corrected chi connectivity index (χ4v) is 3.49. The van der Waals surface area contributed by atoms with Gasteiger partial charge in [0, 0.05) is 30.8 Å². The molecule has 0 N–H and O–H groups in total. The lowest BCUT2D eigenvalue weighted by Crippen LogP contribution is -2.37. The predicted molar refractivity (Wildman–Crippen MR) is 107 cm³/mol. The number of hydrogen-bond acceptors (Lipinski definition) is 3. The third-order valence-electron chi connectivity index (χ3n) is 5.11. The Balaban J connectivity index is 1.82. The summed E-state index contributed by atoms with van der Waals surface area (Å²) in [6.07, 6.45) is 2.17. The molecule has 1 atom stereocenters. The number of ether oxygens (including phenoxy) is 2. The van der Waals surface area contributed by atoms with Crippen molar-refractivity contribution in [3.8, 4) is 5.75 Å². The van der Waals surface area contributed by atoms with E-state index in [0.29, 0.717) is 24.6 Å². The third-order valence-corrected chi connectivity index (χ3v) is 5.11. The monoisotopic (exact) mass is 367 g/mol. The molecule has 4 heteroatoms. The van der Waals surface area contributed by atoms with Crippen LogP contribution < -0.4 is 4.74 Å². The average molecular weight is 367 g/mol. The maximum absolute atomic E-state index is 13.2. The van der Waals surface area contributed by atoms with Gasteiger partial charge in [0.2, 0.25) is 0 Å². The molecule has 27 heavy (non-hydrogen) atoms.